The van der Waals surface area contributed by atoms with Gasteiger partial charge >= 0.3 is 0 Å². The second-order valence-corrected chi connectivity index (χ2v) is 4.87. The van der Waals surface area contributed by atoms with Crippen LogP contribution in [0.25, 0.3) is 11.3 Å². The Balaban J connectivity index is 1.71. The molecule has 0 spiro atoms. The van der Waals surface area contributed by atoms with Gasteiger partial charge in [-0.1, -0.05) is 18.2 Å². The molecule has 3 N–H and O–H groups in total. The number of nitrogens with zero attached hydrogens (tertiary/aromatic N) is 1. The highest BCUT2D eigenvalue weighted by atomic mass is 16.5. The minimum atomic E-state index is 0.403. The number of aromatic amines is 1. The van der Waals surface area contributed by atoms with Gasteiger partial charge < -0.3 is 15.2 Å². The molecule has 112 valence electrons. The highest BCUT2D eigenvalue weighted by molar-refractivity contribution is 5.61. The van der Waals surface area contributed by atoms with Crippen LogP contribution in [0.1, 0.15) is 5.69 Å². The van der Waals surface area contributed by atoms with E-state index in [1.807, 2.05) is 48.5 Å². The lowest BCUT2D eigenvalue weighted by molar-refractivity contribution is 0.301. The number of nitrogen functional groups attached to an aromatic ring is 1. The first-order valence-corrected chi connectivity index (χ1v) is 6.91. The lowest BCUT2D eigenvalue weighted by Gasteiger charge is -2.04. The second kappa shape index (κ2) is 6.22. The Morgan fingerprint density at radius 2 is 1.86 bits per heavy atom. The summed E-state index contributed by atoms with van der Waals surface area (Å²) in [5.41, 5.74) is 9.14. The standard InChI is InChI=1S/C17H17N3O2/c1-21-15-6-2-4-12(8-15)17-10-14(19-20-17)11-22-16-7-3-5-13(18)9-16/h2-10H,11,18H2,1H3,(H,19,20). The summed E-state index contributed by atoms with van der Waals surface area (Å²) in [7, 11) is 1.65. The Labute approximate surface area is 128 Å². The average Bonchev–Trinajstić information content (AvgIpc) is 3.02. The highest BCUT2D eigenvalue weighted by Gasteiger charge is 2.06. The van der Waals surface area contributed by atoms with Crippen molar-refractivity contribution in [1.29, 1.82) is 0 Å². The Hall–Kier alpha value is -2.95. The van der Waals surface area contributed by atoms with Crippen LogP contribution >= 0.6 is 0 Å². The van der Waals surface area contributed by atoms with Gasteiger partial charge in [-0.3, -0.25) is 5.10 Å². The lowest BCUT2D eigenvalue weighted by Crippen LogP contribution is -1.96. The number of H-pyrrole nitrogens is 1. The van der Waals surface area contributed by atoms with Gasteiger partial charge in [0, 0.05) is 17.3 Å². The van der Waals surface area contributed by atoms with Gasteiger partial charge in [-0.25, -0.2) is 0 Å². The van der Waals surface area contributed by atoms with E-state index in [-0.39, 0.29) is 0 Å². The summed E-state index contributed by atoms with van der Waals surface area (Å²) in [5.74, 6) is 1.54. The van der Waals surface area contributed by atoms with E-state index >= 15 is 0 Å². The fraction of sp³-hybridized carbons (Fsp3) is 0.118. The molecule has 0 aliphatic rings. The normalized spacial score (nSPS) is 10.4. The van der Waals surface area contributed by atoms with Crippen molar-refractivity contribution in [3.8, 4) is 22.8 Å². The van der Waals surface area contributed by atoms with Gasteiger partial charge in [0.25, 0.3) is 0 Å². The molecular formula is C17H17N3O2. The molecule has 0 unspecified atom stereocenters. The monoisotopic (exact) mass is 295 g/mol. The molecule has 0 saturated heterocycles. The van der Waals surface area contributed by atoms with E-state index in [2.05, 4.69) is 10.2 Å². The molecule has 0 saturated carbocycles. The minimum Gasteiger partial charge on any atom is -0.497 e. The summed E-state index contributed by atoms with van der Waals surface area (Å²) in [6.07, 6.45) is 0. The highest BCUT2D eigenvalue weighted by Crippen LogP contribution is 2.23. The van der Waals surface area contributed by atoms with Crippen LogP contribution in [0.2, 0.25) is 0 Å². The van der Waals surface area contributed by atoms with Crippen LogP contribution in [0.3, 0.4) is 0 Å². The van der Waals surface area contributed by atoms with Crippen LogP contribution in [0.4, 0.5) is 5.69 Å². The van der Waals surface area contributed by atoms with Crippen molar-refractivity contribution in [2.45, 2.75) is 6.61 Å². The maximum Gasteiger partial charge on any atom is 0.130 e. The predicted octanol–water partition coefficient (Wildman–Crippen LogP) is 3.25. The summed E-state index contributed by atoms with van der Waals surface area (Å²) >= 11 is 0. The Morgan fingerprint density at radius 1 is 1.05 bits per heavy atom. The molecule has 3 rings (SSSR count). The molecule has 1 aromatic heterocycles. The third-order valence-electron chi connectivity index (χ3n) is 3.25. The first-order chi connectivity index (χ1) is 10.7. The number of hydrogen-bond acceptors (Lipinski definition) is 4. The lowest BCUT2D eigenvalue weighted by atomic mass is 10.1. The van der Waals surface area contributed by atoms with Gasteiger partial charge in [-0.05, 0) is 30.3 Å². The van der Waals surface area contributed by atoms with Gasteiger partial charge in [0.15, 0.2) is 0 Å². The maximum absolute atomic E-state index is 5.72. The number of nitrogens with one attached hydrogen (secondary N) is 1. The number of rotatable bonds is 5. The van der Waals surface area contributed by atoms with Gasteiger partial charge in [-0.15, -0.1) is 0 Å². The van der Waals surface area contributed by atoms with Crippen molar-refractivity contribution in [1.82, 2.24) is 10.2 Å². The van der Waals surface area contributed by atoms with E-state index < -0.39 is 0 Å². The van der Waals surface area contributed by atoms with Crippen molar-refractivity contribution < 1.29 is 9.47 Å². The Kier molecular flexibility index (Phi) is 3.96. The van der Waals surface area contributed by atoms with Gasteiger partial charge in [0.1, 0.15) is 18.1 Å². The largest absolute Gasteiger partial charge is 0.497 e. The molecule has 0 atom stereocenters. The summed E-state index contributed by atoms with van der Waals surface area (Å²) < 4.78 is 10.9. The van der Waals surface area contributed by atoms with Crippen molar-refractivity contribution in [3.63, 3.8) is 0 Å². The van der Waals surface area contributed by atoms with E-state index in [0.29, 0.717) is 12.3 Å². The predicted molar refractivity (Wildman–Crippen MR) is 85.8 cm³/mol. The number of anilines is 1. The molecule has 22 heavy (non-hydrogen) atoms. The van der Waals surface area contributed by atoms with Crippen molar-refractivity contribution >= 4 is 5.69 Å². The summed E-state index contributed by atoms with van der Waals surface area (Å²) in [6, 6.07) is 17.1. The molecule has 0 amide bonds. The molecule has 5 nitrogen and oxygen atoms in total. The zero-order valence-electron chi connectivity index (χ0n) is 12.2. The average molecular weight is 295 g/mol. The number of nitrogens with two attached hydrogens (primary N) is 1. The molecule has 0 bridgehead atoms. The quantitative estimate of drug-likeness (QED) is 0.709. The fourth-order valence-electron chi connectivity index (χ4n) is 2.13. The first kappa shape index (κ1) is 14.0. The third kappa shape index (κ3) is 3.20. The summed E-state index contributed by atoms with van der Waals surface area (Å²) in [5, 5.41) is 7.29. The topological polar surface area (TPSA) is 73.2 Å². The van der Waals surface area contributed by atoms with Crippen molar-refractivity contribution in [2.75, 3.05) is 12.8 Å². The van der Waals surface area contributed by atoms with Crippen molar-refractivity contribution in [3.05, 3.63) is 60.3 Å². The van der Waals surface area contributed by atoms with E-state index in [0.717, 1.165) is 28.5 Å². The molecule has 0 aliphatic heterocycles. The molecule has 0 fully saturated rings. The third-order valence-corrected chi connectivity index (χ3v) is 3.25. The zero-order valence-corrected chi connectivity index (χ0v) is 12.2. The second-order valence-electron chi connectivity index (χ2n) is 4.87. The van der Waals surface area contributed by atoms with Crippen LogP contribution in [-0.2, 0) is 6.61 Å². The van der Waals surface area contributed by atoms with E-state index in [9.17, 15) is 0 Å². The Bertz CT molecular complexity index is 768. The smallest absolute Gasteiger partial charge is 0.130 e. The molecular weight excluding hydrogens is 278 g/mol. The minimum absolute atomic E-state index is 0.403. The van der Waals surface area contributed by atoms with E-state index in [4.69, 9.17) is 15.2 Å². The van der Waals surface area contributed by atoms with Crippen LogP contribution in [0.5, 0.6) is 11.5 Å². The number of benzene rings is 2. The van der Waals surface area contributed by atoms with Gasteiger partial charge in [-0.2, -0.15) is 5.10 Å². The zero-order chi connectivity index (χ0) is 15.4. The molecule has 1 heterocycles. The fourth-order valence-corrected chi connectivity index (χ4v) is 2.13. The molecule has 5 heteroatoms. The molecule has 2 aromatic carbocycles. The van der Waals surface area contributed by atoms with E-state index in [1.54, 1.807) is 13.2 Å². The van der Waals surface area contributed by atoms with Crippen molar-refractivity contribution in [2.24, 2.45) is 0 Å². The number of hydrogen-bond donors (Lipinski definition) is 2. The first-order valence-electron chi connectivity index (χ1n) is 6.91. The van der Waals surface area contributed by atoms with Crippen LogP contribution in [-0.4, -0.2) is 17.3 Å². The summed E-state index contributed by atoms with van der Waals surface area (Å²) in [4.78, 5) is 0. The molecule has 0 radical (unpaired) electrons. The van der Waals surface area contributed by atoms with E-state index in [1.165, 1.54) is 0 Å². The maximum atomic E-state index is 5.72. The number of ether oxygens (including phenoxy) is 2. The SMILES string of the molecule is COc1cccc(-c2cc(COc3cccc(N)c3)[nH]n2)c1. The Morgan fingerprint density at radius 3 is 2.68 bits per heavy atom. The van der Waals surface area contributed by atoms with Crippen LogP contribution < -0.4 is 15.2 Å². The van der Waals surface area contributed by atoms with Gasteiger partial charge in [0.05, 0.1) is 18.5 Å². The van der Waals surface area contributed by atoms with Crippen LogP contribution in [0.15, 0.2) is 54.6 Å². The molecule has 0 aliphatic carbocycles. The molecule has 3 aromatic rings. The van der Waals surface area contributed by atoms with Crippen LogP contribution in [0, 0.1) is 0 Å². The van der Waals surface area contributed by atoms with Gasteiger partial charge in [0.2, 0.25) is 0 Å². The number of aromatic nitrogens is 2. The number of methoxy groups -OCH3 is 1. The summed E-state index contributed by atoms with van der Waals surface area (Å²) in [6.45, 7) is 0.403.